The Morgan fingerprint density at radius 1 is 1.00 bits per heavy atom. The second kappa shape index (κ2) is 7.03. The van der Waals surface area contributed by atoms with Crippen molar-refractivity contribution in [1.82, 2.24) is 0 Å². The van der Waals surface area contributed by atoms with Gasteiger partial charge in [-0.3, -0.25) is 9.59 Å². The lowest BCUT2D eigenvalue weighted by Gasteiger charge is -2.63. The zero-order valence-corrected chi connectivity index (χ0v) is 19.8. The molecule has 0 unspecified atom stereocenters. The fraction of sp³-hybridized carbons (Fsp3) is 0.840. The molecule has 7 nitrogen and oxygen atoms in total. The minimum Gasteiger partial charge on any atom is -0.463 e. The van der Waals surface area contributed by atoms with E-state index in [4.69, 9.17) is 19.2 Å². The van der Waals surface area contributed by atoms with Crippen molar-refractivity contribution in [3.05, 3.63) is 12.2 Å². The topological polar surface area (TPSA) is 91.3 Å². The average molecular weight is 449 g/mol. The summed E-state index contributed by atoms with van der Waals surface area (Å²) in [6.07, 6.45) is 8.18. The monoisotopic (exact) mass is 448 g/mol. The number of esters is 2. The summed E-state index contributed by atoms with van der Waals surface area (Å²) < 4.78 is 11.6. The third-order valence-corrected chi connectivity index (χ3v) is 10.1. The Balaban J connectivity index is 1.53. The van der Waals surface area contributed by atoms with Crippen molar-refractivity contribution in [2.75, 3.05) is 0 Å². The van der Waals surface area contributed by atoms with Gasteiger partial charge in [-0.05, 0) is 87.7 Å². The molecular weight excluding hydrogens is 412 g/mol. The molecule has 4 fully saturated rings. The summed E-state index contributed by atoms with van der Waals surface area (Å²) in [6, 6.07) is 0. The van der Waals surface area contributed by atoms with Crippen molar-refractivity contribution in [2.24, 2.45) is 28.6 Å². The molecule has 3 saturated carbocycles. The molecule has 1 saturated heterocycles. The van der Waals surface area contributed by atoms with Gasteiger partial charge in [0.25, 0.3) is 0 Å². The van der Waals surface area contributed by atoms with Gasteiger partial charge in [0.15, 0.2) is 5.60 Å². The van der Waals surface area contributed by atoms with Gasteiger partial charge in [0.05, 0.1) is 11.5 Å². The highest BCUT2D eigenvalue weighted by atomic mass is 17.2. The van der Waals surface area contributed by atoms with E-state index in [2.05, 4.69) is 19.9 Å². The number of carbonyl (C=O) groups is 2. The first kappa shape index (κ1) is 22.4. The molecular formula is C25H36O7. The summed E-state index contributed by atoms with van der Waals surface area (Å²) in [7, 11) is 0. The van der Waals surface area contributed by atoms with Gasteiger partial charge in [-0.2, -0.15) is 0 Å². The van der Waals surface area contributed by atoms with Gasteiger partial charge in [-0.25, -0.2) is 9.78 Å². The Morgan fingerprint density at radius 3 is 2.31 bits per heavy atom. The van der Waals surface area contributed by atoms with Crippen LogP contribution in [0.25, 0.3) is 0 Å². The zero-order chi connectivity index (χ0) is 23.1. The van der Waals surface area contributed by atoms with Crippen molar-refractivity contribution in [3.63, 3.8) is 0 Å². The van der Waals surface area contributed by atoms with Crippen LogP contribution in [0.3, 0.4) is 0 Å². The fourth-order valence-electron chi connectivity index (χ4n) is 8.46. The lowest BCUT2D eigenvalue weighted by atomic mass is 9.42. The number of fused-ring (bicyclic) bond motifs is 3. The largest absolute Gasteiger partial charge is 0.463 e. The van der Waals surface area contributed by atoms with Crippen LogP contribution in [0.1, 0.15) is 73.1 Å². The standard InChI is InChI=1S/C25H36O7/c1-14(26)24-10-11-25(32-31-24)19-7-6-17-12-18(29-15(2)27)8-9-22(17,4)20(19)13-21(23(24,25)5)30-16(3)28/h10-11,14,17-21,26H,6-9,12-13H2,1-5H3/t14-,17+,18+,19-,20+,21-,22+,23-,24+,25-/m1/s1. The molecule has 2 bridgehead atoms. The molecule has 32 heavy (non-hydrogen) atoms. The van der Waals surface area contributed by atoms with Gasteiger partial charge in [0, 0.05) is 13.8 Å². The van der Waals surface area contributed by atoms with Gasteiger partial charge in [-0.15, -0.1) is 0 Å². The molecule has 10 atom stereocenters. The Bertz CT molecular complexity index is 853. The molecule has 7 heteroatoms. The van der Waals surface area contributed by atoms with Crippen LogP contribution in [-0.2, 0) is 28.8 Å². The summed E-state index contributed by atoms with van der Waals surface area (Å²) in [5.41, 5.74) is -2.46. The summed E-state index contributed by atoms with van der Waals surface area (Å²) in [4.78, 5) is 35.8. The van der Waals surface area contributed by atoms with Crippen molar-refractivity contribution in [1.29, 1.82) is 0 Å². The summed E-state index contributed by atoms with van der Waals surface area (Å²) in [6.45, 7) is 9.06. The highest BCUT2D eigenvalue weighted by Crippen LogP contribution is 2.73. The molecule has 0 amide bonds. The van der Waals surface area contributed by atoms with E-state index in [1.165, 1.54) is 13.8 Å². The normalized spacial score (nSPS) is 51.9. The Hall–Kier alpha value is -1.44. The van der Waals surface area contributed by atoms with E-state index in [9.17, 15) is 14.7 Å². The van der Waals surface area contributed by atoms with Gasteiger partial charge >= 0.3 is 11.9 Å². The van der Waals surface area contributed by atoms with Gasteiger partial charge in [0.1, 0.15) is 17.8 Å². The minimum atomic E-state index is -1.04. The number of rotatable bonds is 3. The van der Waals surface area contributed by atoms with Crippen LogP contribution >= 0.6 is 0 Å². The average Bonchev–Trinajstić information content (AvgIpc) is 3.14. The predicted molar refractivity (Wildman–Crippen MR) is 114 cm³/mol. The first-order valence-corrected chi connectivity index (χ1v) is 12.1. The molecule has 5 aliphatic rings. The van der Waals surface area contributed by atoms with Crippen molar-refractivity contribution in [3.8, 4) is 0 Å². The fourth-order valence-corrected chi connectivity index (χ4v) is 8.46. The molecule has 0 aromatic heterocycles. The minimum absolute atomic E-state index is 0.0151. The zero-order valence-electron chi connectivity index (χ0n) is 19.8. The lowest BCUT2D eigenvalue weighted by Crippen LogP contribution is -2.69. The second-order valence-corrected chi connectivity index (χ2v) is 11.3. The third-order valence-electron chi connectivity index (χ3n) is 10.1. The van der Waals surface area contributed by atoms with E-state index >= 15 is 0 Å². The smallest absolute Gasteiger partial charge is 0.302 e. The van der Waals surface area contributed by atoms with Crippen LogP contribution in [0.15, 0.2) is 12.2 Å². The van der Waals surface area contributed by atoms with Gasteiger partial charge in [-0.1, -0.05) is 6.92 Å². The van der Waals surface area contributed by atoms with Crippen LogP contribution in [0.5, 0.6) is 0 Å². The number of hydrogen-bond donors (Lipinski definition) is 1. The van der Waals surface area contributed by atoms with E-state index in [-0.39, 0.29) is 35.3 Å². The highest BCUT2D eigenvalue weighted by Gasteiger charge is 2.81. The molecule has 0 spiro atoms. The maximum absolute atomic E-state index is 12.2. The Labute approximate surface area is 189 Å². The Morgan fingerprint density at radius 2 is 1.72 bits per heavy atom. The maximum atomic E-state index is 12.2. The molecule has 0 aromatic rings. The second-order valence-electron chi connectivity index (χ2n) is 11.3. The van der Waals surface area contributed by atoms with Gasteiger partial charge in [0.2, 0.25) is 0 Å². The van der Waals surface area contributed by atoms with Crippen LogP contribution in [0.2, 0.25) is 0 Å². The number of ether oxygens (including phenoxy) is 2. The molecule has 0 aromatic carbocycles. The van der Waals surface area contributed by atoms with Crippen molar-refractivity contribution < 1.29 is 33.9 Å². The molecule has 1 N–H and O–H groups in total. The predicted octanol–water partition coefficient (Wildman–Crippen LogP) is 3.48. The summed E-state index contributed by atoms with van der Waals surface area (Å²) in [5, 5.41) is 10.8. The summed E-state index contributed by atoms with van der Waals surface area (Å²) in [5.74, 6) is 0.373. The molecule has 1 heterocycles. The Kier molecular flexibility index (Phi) is 4.91. The van der Waals surface area contributed by atoms with E-state index < -0.39 is 28.8 Å². The maximum Gasteiger partial charge on any atom is 0.302 e. The highest BCUT2D eigenvalue weighted by molar-refractivity contribution is 5.66. The van der Waals surface area contributed by atoms with E-state index in [0.717, 1.165) is 38.5 Å². The van der Waals surface area contributed by atoms with Crippen molar-refractivity contribution in [2.45, 2.75) is 103 Å². The molecule has 0 radical (unpaired) electrons. The number of hydrogen-bond acceptors (Lipinski definition) is 7. The first-order valence-electron chi connectivity index (χ1n) is 12.1. The number of aliphatic hydroxyl groups excluding tert-OH is 1. The van der Waals surface area contributed by atoms with E-state index in [1.54, 1.807) is 6.92 Å². The number of carbonyl (C=O) groups excluding carboxylic acids is 2. The van der Waals surface area contributed by atoms with Crippen LogP contribution < -0.4 is 0 Å². The summed E-state index contributed by atoms with van der Waals surface area (Å²) >= 11 is 0. The van der Waals surface area contributed by atoms with E-state index in [0.29, 0.717) is 5.92 Å². The molecule has 178 valence electrons. The SMILES string of the molecule is CC(=O)O[C@H]1CC[C@@]2(C)[C@@H](CC[C@@H]3[C@@H]2C[C@@H](OC(C)=O)[C@]2(C)[C@@]4([C@@H](C)O)C=C[C@@]32OO4)C1. The molecule has 4 aliphatic carbocycles. The molecule has 5 rings (SSSR count). The van der Waals surface area contributed by atoms with Gasteiger partial charge < -0.3 is 14.6 Å². The van der Waals surface area contributed by atoms with Crippen LogP contribution in [0, 0.1) is 28.6 Å². The quantitative estimate of drug-likeness (QED) is 0.401. The molecule has 1 aliphatic heterocycles. The van der Waals surface area contributed by atoms with Crippen molar-refractivity contribution >= 4 is 11.9 Å². The lowest BCUT2D eigenvalue weighted by molar-refractivity contribution is -0.363. The van der Waals surface area contributed by atoms with Crippen LogP contribution in [-0.4, -0.2) is 46.6 Å². The number of aliphatic hydroxyl groups is 1. The van der Waals surface area contributed by atoms with E-state index in [1.807, 2.05) is 6.08 Å². The first-order chi connectivity index (χ1) is 15.0. The third kappa shape index (κ3) is 2.59. The van der Waals surface area contributed by atoms with Crippen LogP contribution in [0.4, 0.5) is 0 Å².